The summed E-state index contributed by atoms with van der Waals surface area (Å²) in [5.41, 5.74) is 1.31. The molecular weight excluding hydrogens is 287 g/mol. The van der Waals surface area contributed by atoms with Crippen molar-refractivity contribution in [2.75, 3.05) is 0 Å². The van der Waals surface area contributed by atoms with E-state index in [4.69, 9.17) is 9.26 Å². The molecule has 0 aliphatic heterocycles. The number of carbonyl (C=O) groups is 1. The standard InChI is InChI=1S/C16H11FN2O3/c17-13-5-7-14(8-6-13)21-10-15-18-16(19-22-15)12-3-1-11(9-20)2-4-12/h1-9H,10H2. The Hall–Kier alpha value is -3.02. The largest absolute Gasteiger partial charge is 0.484 e. The Morgan fingerprint density at radius 1 is 1.09 bits per heavy atom. The summed E-state index contributed by atoms with van der Waals surface area (Å²) >= 11 is 0. The van der Waals surface area contributed by atoms with Crippen molar-refractivity contribution in [3.8, 4) is 17.1 Å². The molecule has 0 atom stereocenters. The van der Waals surface area contributed by atoms with Crippen molar-refractivity contribution in [2.24, 2.45) is 0 Å². The van der Waals surface area contributed by atoms with Crippen LogP contribution in [0, 0.1) is 5.82 Å². The maximum absolute atomic E-state index is 12.8. The van der Waals surface area contributed by atoms with E-state index >= 15 is 0 Å². The van der Waals surface area contributed by atoms with Crippen molar-refractivity contribution in [3.05, 3.63) is 65.8 Å². The summed E-state index contributed by atoms with van der Waals surface area (Å²) in [4.78, 5) is 14.8. The number of nitrogens with zero attached hydrogens (tertiary/aromatic N) is 2. The van der Waals surface area contributed by atoms with Gasteiger partial charge in [-0.15, -0.1) is 0 Å². The highest BCUT2D eigenvalue weighted by Gasteiger charge is 2.09. The molecule has 0 saturated heterocycles. The predicted molar refractivity (Wildman–Crippen MR) is 75.9 cm³/mol. The highest BCUT2D eigenvalue weighted by Crippen LogP contribution is 2.17. The molecule has 1 heterocycles. The molecule has 6 heteroatoms. The van der Waals surface area contributed by atoms with Gasteiger partial charge in [0.15, 0.2) is 6.61 Å². The first-order chi connectivity index (χ1) is 10.7. The quantitative estimate of drug-likeness (QED) is 0.676. The van der Waals surface area contributed by atoms with Gasteiger partial charge in [0.25, 0.3) is 5.89 Å². The summed E-state index contributed by atoms with van der Waals surface area (Å²) in [6.45, 7) is 0.0883. The smallest absolute Gasteiger partial charge is 0.264 e. The molecule has 2 aromatic carbocycles. The lowest BCUT2D eigenvalue weighted by Gasteiger charge is -2.01. The minimum absolute atomic E-state index is 0.0883. The summed E-state index contributed by atoms with van der Waals surface area (Å²) in [5.74, 6) is 0.900. The normalized spacial score (nSPS) is 10.4. The van der Waals surface area contributed by atoms with E-state index in [1.165, 1.54) is 24.3 Å². The Morgan fingerprint density at radius 2 is 1.82 bits per heavy atom. The monoisotopic (exact) mass is 298 g/mol. The number of carbonyl (C=O) groups excluding carboxylic acids is 1. The maximum atomic E-state index is 12.8. The van der Waals surface area contributed by atoms with Crippen molar-refractivity contribution in [1.82, 2.24) is 10.1 Å². The zero-order valence-corrected chi connectivity index (χ0v) is 11.4. The van der Waals surface area contributed by atoms with Crippen molar-refractivity contribution >= 4 is 6.29 Å². The third-order valence-corrected chi connectivity index (χ3v) is 2.95. The molecule has 3 aromatic rings. The van der Waals surface area contributed by atoms with E-state index in [0.29, 0.717) is 23.0 Å². The van der Waals surface area contributed by atoms with E-state index in [9.17, 15) is 9.18 Å². The number of ether oxygens (including phenoxy) is 1. The van der Waals surface area contributed by atoms with Crippen LogP contribution in [-0.2, 0) is 6.61 Å². The molecule has 0 fully saturated rings. The van der Waals surface area contributed by atoms with Gasteiger partial charge in [-0.3, -0.25) is 4.79 Å². The van der Waals surface area contributed by atoms with Gasteiger partial charge in [-0.2, -0.15) is 4.98 Å². The molecule has 0 radical (unpaired) electrons. The topological polar surface area (TPSA) is 65.2 Å². The minimum atomic E-state index is -0.328. The lowest BCUT2D eigenvalue weighted by molar-refractivity contribution is 0.112. The molecule has 1 aromatic heterocycles. The average Bonchev–Trinajstić information content (AvgIpc) is 3.03. The van der Waals surface area contributed by atoms with Crippen LogP contribution in [0.5, 0.6) is 5.75 Å². The number of aldehydes is 1. The number of benzene rings is 2. The number of aromatic nitrogens is 2. The van der Waals surface area contributed by atoms with Crippen LogP contribution < -0.4 is 4.74 Å². The maximum Gasteiger partial charge on any atom is 0.264 e. The molecular formula is C16H11FN2O3. The Labute approximate surface area is 125 Å². The Morgan fingerprint density at radius 3 is 2.50 bits per heavy atom. The molecule has 0 saturated carbocycles. The molecule has 0 amide bonds. The second-order valence-corrected chi connectivity index (χ2v) is 4.49. The first kappa shape index (κ1) is 13.9. The molecule has 3 rings (SSSR count). The molecule has 0 unspecified atom stereocenters. The lowest BCUT2D eigenvalue weighted by atomic mass is 10.1. The fourth-order valence-corrected chi connectivity index (χ4v) is 1.82. The summed E-state index contributed by atoms with van der Waals surface area (Å²) in [5, 5.41) is 3.85. The van der Waals surface area contributed by atoms with Gasteiger partial charge in [0.2, 0.25) is 5.82 Å². The summed E-state index contributed by atoms with van der Waals surface area (Å²) in [6, 6.07) is 12.5. The minimum Gasteiger partial charge on any atom is -0.484 e. The molecule has 0 N–H and O–H groups in total. The highest BCUT2D eigenvalue weighted by molar-refractivity contribution is 5.76. The Balaban J connectivity index is 1.67. The van der Waals surface area contributed by atoms with Gasteiger partial charge in [0.05, 0.1) is 0 Å². The van der Waals surface area contributed by atoms with Gasteiger partial charge in [0, 0.05) is 11.1 Å². The summed E-state index contributed by atoms with van der Waals surface area (Å²) in [6.07, 6.45) is 0.766. The van der Waals surface area contributed by atoms with E-state index in [0.717, 1.165) is 11.8 Å². The summed E-state index contributed by atoms with van der Waals surface area (Å²) < 4.78 is 23.3. The molecule has 110 valence electrons. The van der Waals surface area contributed by atoms with Crippen LogP contribution in [0.2, 0.25) is 0 Å². The van der Waals surface area contributed by atoms with Gasteiger partial charge in [-0.1, -0.05) is 29.4 Å². The van der Waals surface area contributed by atoms with E-state index in [2.05, 4.69) is 10.1 Å². The third kappa shape index (κ3) is 3.17. The number of hydrogen-bond acceptors (Lipinski definition) is 5. The molecule has 22 heavy (non-hydrogen) atoms. The molecule has 0 bridgehead atoms. The fraction of sp³-hybridized carbons (Fsp3) is 0.0625. The average molecular weight is 298 g/mol. The van der Waals surface area contributed by atoms with Gasteiger partial charge < -0.3 is 9.26 Å². The van der Waals surface area contributed by atoms with E-state index in [1.54, 1.807) is 24.3 Å². The van der Waals surface area contributed by atoms with Gasteiger partial charge >= 0.3 is 0 Å². The molecule has 0 aliphatic carbocycles. The van der Waals surface area contributed by atoms with Gasteiger partial charge in [-0.05, 0) is 24.3 Å². The van der Waals surface area contributed by atoms with Crippen LogP contribution in [0.25, 0.3) is 11.4 Å². The van der Waals surface area contributed by atoms with E-state index < -0.39 is 0 Å². The first-order valence-corrected chi connectivity index (χ1v) is 6.51. The van der Waals surface area contributed by atoms with E-state index in [1.807, 2.05) is 0 Å². The van der Waals surface area contributed by atoms with Crippen LogP contribution in [0.3, 0.4) is 0 Å². The Kier molecular flexibility index (Phi) is 3.91. The van der Waals surface area contributed by atoms with Crippen molar-refractivity contribution < 1.29 is 18.4 Å². The third-order valence-electron chi connectivity index (χ3n) is 2.95. The molecule has 5 nitrogen and oxygen atoms in total. The predicted octanol–water partition coefficient (Wildman–Crippen LogP) is 3.27. The van der Waals surface area contributed by atoms with Gasteiger partial charge in [-0.25, -0.2) is 4.39 Å². The number of halogens is 1. The van der Waals surface area contributed by atoms with Crippen LogP contribution in [0.4, 0.5) is 4.39 Å². The van der Waals surface area contributed by atoms with Crippen LogP contribution >= 0.6 is 0 Å². The van der Waals surface area contributed by atoms with Crippen molar-refractivity contribution in [2.45, 2.75) is 6.61 Å². The van der Waals surface area contributed by atoms with Crippen molar-refractivity contribution in [3.63, 3.8) is 0 Å². The second-order valence-electron chi connectivity index (χ2n) is 4.49. The summed E-state index contributed by atoms with van der Waals surface area (Å²) in [7, 11) is 0. The SMILES string of the molecule is O=Cc1ccc(-c2noc(COc3ccc(F)cc3)n2)cc1. The lowest BCUT2D eigenvalue weighted by Crippen LogP contribution is -1.95. The number of rotatable bonds is 5. The fourth-order valence-electron chi connectivity index (χ4n) is 1.82. The zero-order chi connectivity index (χ0) is 15.4. The van der Waals surface area contributed by atoms with Crippen LogP contribution in [0.1, 0.15) is 16.2 Å². The van der Waals surface area contributed by atoms with Gasteiger partial charge in [0.1, 0.15) is 17.9 Å². The van der Waals surface area contributed by atoms with E-state index in [-0.39, 0.29) is 12.4 Å². The zero-order valence-electron chi connectivity index (χ0n) is 11.4. The van der Waals surface area contributed by atoms with Crippen LogP contribution in [-0.4, -0.2) is 16.4 Å². The highest BCUT2D eigenvalue weighted by atomic mass is 19.1. The number of hydrogen-bond donors (Lipinski definition) is 0. The second kappa shape index (κ2) is 6.17. The van der Waals surface area contributed by atoms with Crippen molar-refractivity contribution in [1.29, 1.82) is 0 Å². The first-order valence-electron chi connectivity index (χ1n) is 6.51. The molecule has 0 spiro atoms. The molecule has 0 aliphatic rings. The Bertz CT molecular complexity index is 767. The van der Waals surface area contributed by atoms with Crippen LogP contribution in [0.15, 0.2) is 53.1 Å².